The van der Waals surface area contributed by atoms with E-state index in [-0.39, 0.29) is 20.4 Å². The zero-order valence-corrected chi connectivity index (χ0v) is 7.92. The fraction of sp³-hybridized carbons (Fsp3) is 0.333. The molecule has 1 heteroatoms. The summed E-state index contributed by atoms with van der Waals surface area (Å²) in [6, 6.07) is 10.9. The largest absolute Gasteiger partial charge is 0.408 e. The van der Waals surface area contributed by atoms with Crippen molar-refractivity contribution in [3.63, 3.8) is 0 Å². The highest BCUT2D eigenvalue weighted by molar-refractivity contribution is 6.53. The summed E-state index contributed by atoms with van der Waals surface area (Å²) in [5, 5.41) is 0. The zero-order valence-electron chi connectivity index (χ0n) is 6.51. The van der Waals surface area contributed by atoms with Gasteiger partial charge in [-0.05, 0) is 0 Å². The quantitative estimate of drug-likeness (QED) is 0.568. The highest BCUT2D eigenvalue weighted by atomic mass is 24.5. The molecule has 0 aliphatic rings. The first-order valence-corrected chi connectivity index (χ1v) is 5.68. The van der Waals surface area contributed by atoms with Gasteiger partial charge in [0.15, 0.2) is 0 Å². The molecule has 0 aliphatic heterocycles. The van der Waals surface area contributed by atoms with E-state index in [4.69, 9.17) is 0 Å². The summed E-state index contributed by atoms with van der Waals surface area (Å²) in [6.45, 7) is 2.26. The summed E-state index contributed by atoms with van der Waals surface area (Å²) in [5.74, 6) is 0. The van der Waals surface area contributed by atoms with Crippen LogP contribution in [0.5, 0.6) is 0 Å². The van der Waals surface area contributed by atoms with E-state index in [1.807, 2.05) is 0 Å². The molecule has 0 aromatic heterocycles. The minimum absolute atomic E-state index is 0.0886. The van der Waals surface area contributed by atoms with Gasteiger partial charge in [0.05, 0.1) is 0 Å². The Morgan fingerprint density at radius 2 is 1.90 bits per heavy atom. The van der Waals surface area contributed by atoms with E-state index < -0.39 is 0 Å². The number of hydrogen-bond donors (Lipinski definition) is 0. The predicted octanol–water partition coefficient (Wildman–Crippen LogP) is 1.84. The van der Waals surface area contributed by atoms with E-state index in [1.54, 1.807) is 3.69 Å². The van der Waals surface area contributed by atoms with E-state index in [1.165, 1.54) is 11.0 Å². The van der Waals surface area contributed by atoms with Crippen molar-refractivity contribution in [3.8, 4) is 0 Å². The Balaban J connectivity index is 2.43. The molecule has 50 valence electrons. The fourth-order valence-electron chi connectivity index (χ4n) is 1.03. The van der Waals surface area contributed by atoms with Gasteiger partial charge in [0.2, 0.25) is 0 Å². The van der Waals surface area contributed by atoms with Crippen LogP contribution in [0.15, 0.2) is 30.3 Å². The minimum Gasteiger partial charge on any atom is -0.174 e. The molecular weight excluding hydrogens is 132 g/mol. The Labute approximate surface area is 72.4 Å². The van der Waals surface area contributed by atoms with Crippen LogP contribution in [-0.2, 0) is 0 Å². The first-order chi connectivity index (χ1) is 4.93. The third kappa shape index (κ3) is 2.71. The van der Waals surface area contributed by atoms with Crippen molar-refractivity contribution in [1.29, 1.82) is 0 Å². The van der Waals surface area contributed by atoms with Crippen molar-refractivity contribution in [2.45, 2.75) is 17.9 Å². The molecule has 0 heterocycles. The highest BCUT2D eigenvalue weighted by Crippen LogP contribution is 1.87. The first kappa shape index (κ1) is 8.09. The molecule has 0 saturated carbocycles. The summed E-state index contributed by atoms with van der Waals surface area (Å²) in [6.07, 6.45) is 1.35. The Bertz CT molecular complexity index is 169. The van der Waals surface area contributed by atoms with Gasteiger partial charge in [-0.15, -0.1) is 4.55 Å². The van der Waals surface area contributed by atoms with Crippen molar-refractivity contribution < 1.29 is 0 Å². The second-order valence-corrected chi connectivity index (χ2v) is 4.61. The average Bonchev–Trinajstić information content (AvgIpc) is 2.03. The van der Waals surface area contributed by atoms with Gasteiger partial charge in [0.25, 0.3) is 0 Å². The third-order valence-corrected chi connectivity index (χ3v) is 3.77. The molecule has 0 amide bonds. The van der Waals surface area contributed by atoms with Gasteiger partial charge in [0, 0.05) is 0 Å². The maximum absolute atomic E-state index is 2.26. The maximum Gasteiger partial charge on any atom is 0.408 e. The Morgan fingerprint density at radius 3 is 2.50 bits per heavy atom. The van der Waals surface area contributed by atoms with Crippen LogP contribution >= 0.6 is 0 Å². The lowest BCUT2D eigenvalue weighted by molar-refractivity contribution is 1.08. The molecule has 0 N–H and O–H groups in total. The van der Waals surface area contributed by atoms with Crippen LogP contribution < -0.4 is 3.69 Å². The van der Waals surface area contributed by atoms with Crippen LogP contribution in [0.1, 0.15) is 13.3 Å². The number of hydrogen-bond acceptors (Lipinski definition) is 0. The molecule has 0 radical (unpaired) electrons. The van der Waals surface area contributed by atoms with Crippen LogP contribution in [0.3, 0.4) is 0 Å². The summed E-state index contributed by atoms with van der Waals surface area (Å²) in [4.78, 5) is 0. The van der Waals surface area contributed by atoms with Gasteiger partial charge in [-0.3, -0.25) is 0 Å². The normalized spacial score (nSPS) is 8.90. The molecule has 0 saturated heterocycles. The van der Waals surface area contributed by atoms with E-state index in [9.17, 15) is 0 Å². The smallest absolute Gasteiger partial charge is 0.174 e. The van der Waals surface area contributed by atoms with E-state index in [0.29, 0.717) is 0 Å². The molecule has 1 rings (SSSR count). The van der Waals surface area contributed by atoms with Crippen molar-refractivity contribution in [1.82, 2.24) is 0 Å². The lowest BCUT2D eigenvalue weighted by Crippen LogP contribution is -2.11. The fourth-order valence-corrected chi connectivity index (χ4v) is 2.39. The molecule has 0 unspecified atom stereocenters. The molecule has 0 spiro atoms. The van der Waals surface area contributed by atoms with Crippen molar-refractivity contribution in [2.75, 3.05) is 0 Å². The van der Waals surface area contributed by atoms with E-state index >= 15 is 0 Å². The van der Waals surface area contributed by atoms with Gasteiger partial charge >= 0.3 is 20.4 Å². The molecule has 1 aromatic rings. The third-order valence-electron chi connectivity index (χ3n) is 1.66. The molecule has 0 bridgehead atoms. The Hall–Kier alpha value is -0.0138. The number of benzene rings is 1. The molecule has 1 aromatic carbocycles. The number of rotatable bonds is 3. The molecule has 0 aliphatic carbocycles. The lowest BCUT2D eigenvalue weighted by atomic mass is 10.4. The maximum atomic E-state index is 2.26. The van der Waals surface area contributed by atoms with Crippen LogP contribution in [0.4, 0.5) is 0 Å². The van der Waals surface area contributed by atoms with Crippen LogP contribution in [0.2, 0.25) is 4.55 Å². The highest BCUT2D eigenvalue weighted by Gasteiger charge is 1.94. The van der Waals surface area contributed by atoms with Gasteiger partial charge < -0.3 is 0 Å². The van der Waals surface area contributed by atoms with Gasteiger partial charge in [-0.2, -0.15) is 3.69 Å². The van der Waals surface area contributed by atoms with Gasteiger partial charge in [-0.25, -0.2) is 0 Å². The second kappa shape index (κ2) is 4.75. The molecule has 0 nitrogen and oxygen atoms in total. The topological polar surface area (TPSA) is 0 Å². The predicted molar refractivity (Wildman–Crippen MR) is 46.9 cm³/mol. The molecular formula is C9H12Mg. The lowest BCUT2D eigenvalue weighted by Gasteiger charge is -1.94. The van der Waals surface area contributed by atoms with E-state index in [2.05, 4.69) is 37.3 Å². The SMILES string of the molecule is CC[CH2][Mg][c]1ccccc1. The summed E-state index contributed by atoms with van der Waals surface area (Å²) in [5.41, 5.74) is 0. The van der Waals surface area contributed by atoms with Gasteiger partial charge in [0.1, 0.15) is 0 Å². The van der Waals surface area contributed by atoms with Crippen molar-refractivity contribution in [3.05, 3.63) is 30.3 Å². The summed E-state index contributed by atoms with van der Waals surface area (Å²) < 4.78 is 3.05. The second-order valence-electron chi connectivity index (χ2n) is 2.59. The molecule has 0 fully saturated rings. The first-order valence-electron chi connectivity index (χ1n) is 3.97. The Kier molecular flexibility index (Phi) is 3.84. The van der Waals surface area contributed by atoms with Crippen LogP contribution in [-0.4, -0.2) is 20.4 Å². The minimum atomic E-state index is 0.0886. The van der Waals surface area contributed by atoms with Crippen molar-refractivity contribution >= 4 is 24.1 Å². The summed E-state index contributed by atoms with van der Waals surface area (Å²) in [7, 11) is 0. The Morgan fingerprint density at radius 1 is 1.20 bits per heavy atom. The average molecular weight is 144 g/mol. The van der Waals surface area contributed by atoms with Gasteiger partial charge in [-0.1, -0.05) is 43.7 Å². The van der Waals surface area contributed by atoms with Crippen LogP contribution in [0.25, 0.3) is 0 Å². The van der Waals surface area contributed by atoms with Crippen molar-refractivity contribution in [2.24, 2.45) is 0 Å². The summed E-state index contributed by atoms with van der Waals surface area (Å²) >= 11 is 0.0886. The zero-order chi connectivity index (χ0) is 7.23. The van der Waals surface area contributed by atoms with Crippen LogP contribution in [0, 0.1) is 0 Å². The monoisotopic (exact) mass is 144 g/mol. The molecule has 0 atom stereocenters. The molecule has 10 heavy (non-hydrogen) atoms. The van der Waals surface area contributed by atoms with E-state index in [0.717, 1.165) is 0 Å². The standard InChI is InChI=1S/C6H5.C3H7.Mg/c1-2-4-6-5-3-1;1-3-2;/h1-5H;1,3H2,2H3;.